The van der Waals surface area contributed by atoms with Crippen molar-refractivity contribution in [3.8, 4) is 6.07 Å². The second-order valence-electron chi connectivity index (χ2n) is 3.37. The lowest BCUT2D eigenvalue weighted by molar-refractivity contribution is 0.274. The van der Waals surface area contributed by atoms with Crippen LogP contribution in [0.25, 0.3) is 0 Å². The molecule has 1 heterocycles. The maximum Gasteiger partial charge on any atom is 0.210 e. The Labute approximate surface area is 92.9 Å². The molecule has 0 bridgehead atoms. The van der Waals surface area contributed by atoms with Crippen LogP contribution < -0.4 is 11.5 Å². The van der Waals surface area contributed by atoms with Gasteiger partial charge in [-0.25, -0.2) is 0 Å². The predicted octanol–water partition coefficient (Wildman–Crippen LogP) is 0.741. The number of fused-ring (bicyclic) bond motifs is 1. The summed E-state index contributed by atoms with van der Waals surface area (Å²) >= 11 is 0. The summed E-state index contributed by atoms with van der Waals surface area (Å²) in [5, 5.41) is 8.88. The average Bonchev–Trinajstić information content (AvgIpc) is 2.28. The predicted molar refractivity (Wildman–Crippen MR) is 56.9 cm³/mol. The van der Waals surface area contributed by atoms with Crippen molar-refractivity contribution in [3.05, 3.63) is 46.4 Å². The third-order valence-corrected chi connectivity index (χ3v) is 2.49. The van der Waals surface area contributed by atoms with Gasteiger partial charge in [0.05, 0.1) is 12.8 Å². The fourth-order valence-electron chi connectivity index (χ4n) is 1.62. The number of nitriles is 1. The lowest BCUT2D eigenvalue weighted by Gasteiger charge is -2.23. The number of rotatable bonds is 1. The number of methoxy groups -OCH3 is 1. The molecule has 0 unspecified atom stereocenters. The molecule has 0 saturated heterocycles. The van der Waals surface area contributed by atoms with Crippen LogP contribution in [0.4, 0.5) is 0 Å². The van der Waals surface area contributed by atoms with Crippen molar-refractivity contribution in [3.63, 3.8) is 0 Å². The van der Waals surface area contributed by atoms with E-state index in [1.54, 1.807) is 13.2 Å². The molecule has 1 aliphatic heterocycles. The van der Waals surface area contributed by atoms with E-state index in [2.05, 4.69) is 0 Å². The van der Waals surface area contributed by atoms with Crippen LogP contribution in [0.3, 0.4) is 0 Å². The molecule has 0 atom stereocenters. The van der Waals surface area contributed by atoms with Gasteiger partial charge in [0.15, 0.2) is 0 Å². The molecule has 0 fully saturated rings. The molecule has 0 aromatic carbocycles. The van der Waals surface area contributed by atoms with Gasteiger partial charge >= 0.3 is 0 Å². The maximum absolute atomic E-state index is 8.88. The molecule has 2 rings (SSSR count). The molecule has 0 radical (unpaired) electrons. The highest BCUT2D eigenvalue weighted by atomic mass is 16.5. The molecule has 5 nitrogen and oxygen atoms in total. The number of nitrogens with zero attached hydrogens (tertiary/aromatic N) is 1. The smallest absolute Gasteiger partial charge is 0.210 e. The zero-order chi connectivity index (χ0) is 11.7. The minimum absolute atomic E-state index is 0.0346. The summed E-state index contributed by atoms with van der Waals surface area (Å²) in [5.74, 6) is 1.28. The van der Waals surface area contributed by atoms with Crippen LogP contribution in [-0.2, 0) is 9.47 Å². The Bertz CT molecular complexity index is 504. The summed E-state index contributed by atoms with van der Waals surface area (Å²) in [7, 11) is 1.57. The lowest BCUT2D eigenvalue weighted by atomic mass is 9.97. The van der Waals surface area contributed by atoms with E-state index in [4.69, 9.17) is 26.2 Å². The van der Waals surface area contributed by atoms with Crippen molar-refractivity contribution in [1.82, 2.24) is 0 Å². The van der Waals surface area contributed by atoms with Crippen molar-refractivity contribution in [1.29, 1.82) is 5.26 Å². The van der Waals surface area contributed by atoms with Crippen LogP contribution >= 0.6 is 0 Å². The van der Waals surface area contributed by atoms with Gasteiger partial charge in [0, 0.05) is 18.1 Å². The highest BCUT2D eigenvalue weighted by molar-refractivity contribution is 5.54. The number of nitrogens with two attached hydrogens (primary N) is 2. The molecule has 0 spiro atoms. The van der Waals surface area contributed by atoms with Gasteiger partial charge in [-0.2, -0.15) is 5.26 Å². The molecule has 82 valence electrons. The molecular weight excluding hydrogens is 206 g/mol. The number of hydrogen-bond acceptors (Lipinski definition) is 5. The highest BCUT2D eigenvalue weighted by Crippen LogP contribution is 2.33. The Balaban J connectivity index is 2.47. The van der Waals surface area contributed by atoms with Gasteiger partial charge in [0.1, 0.15) is 23.2 Å². The second-order valence-corrected chi connectivity index (χ2v) is 3.37. The Hall–Kier alpha value is -2.35. The topological polar surface area (TPSA) is 94.3 Å². The average molecular weight is 217 g/mol. The fraction of sp³-hybridized carbons (Fsp3) is 0.182. The van der Waals surface area contributed by atoms with E-state index in [0.29, 0.717) is 23.6 Å². The van der Waals surface area contributed by atoms with Gasteiger partial charge in [-0.05, 0) is 6.08 Å². The molecule has 4 N–H and O–H groups in total. The van der Waals surface area contributed by atoms with Crippen LogP contribution in [0.15, 0.2) is 46.4 Å². The first-order valence-electron chi connectivity index (χ1n) is 4.70. The Morgan fingerprint density at radius 1 is 1.50 bits per heavy atom. The Morgan fingerprint density at radius 3 is 2.88 bits per heavy atom. The Kier molecular flexibility index (Phi) is 2.33. The molecule has 0 aromatic rings. The molecule has 0 saturated carbocycles. The zero-order valence-corrected chi connectivity index (χ0v) is 8.78. The number of allylic oxidation sites excluding steroid dienone is 4. The molecule has 5 heteroatoms. The summed E-state index contributed by atoms with van der Waals surface area (Å²) in [4.78, 5) is 0. The van der Waals surface area contributed by atoms with Gasteiger partial charge in [-0.3, -0.25) is 0 Å². The maximum atomic E-state index is 8.88. The molecular formula is C11H11N3O2. The summed E-state index contributed by atoms with van der Waals surface area (Å²) in [6.07, 6.45) is 4.14. The molecule has 2 aliphatic rings. The van der Waals surface area contributed by atoms with Crippen LogP contribution in [0.1, 0.15) is 6.42 Å². The van der Waals surface area contributed by atoms with Crippen LogP contribution in [0.5, 0.6) is 0 Å². The lowest BCUT2D eigenvalue weighted by Crippen LogP contribution is -2.21. The monoisotopic (exact) mass is 217 g/mol. The van der Waals surface area contributed by atoms with Crippen molar-refractivity contribution < 1.29 is 9.47 Å². The van der Waals surface area contributed by atoms with Crippen molar-refractivity contribution in [2.45, 2.75) is 6.42 Å². The third-order valence-electron chi connectivity index (χ3n) is 2.49. The van der Waals surface area contributed by atoms with E-state index >= 15 is 0 Å². The largest absolute Gasteiger partial charge is 0.497 e. The normalized spacial score (nSPS) is 19.2. The molecule has 1 aliphatic carbocycles. The van der Waals surface area contributed by atoms with Crippen LogP contribution in [-0.4, -0.2) is 7.11 Å². The number of ether oxygens (including phenoxy) is 2. The van der Waals surface area contributed by atoms with Gasteiger partial charge in [0.2, 0.25) is 5.88 Å². The quantitative estimate of drug-likeness (QED) is 0.675. The minimum atomic E-state index is 0.0346. The van der Waals surface area contributed by atoms with Gasteiger partial charge in [-0.15, -0.1) is 0 Å². The Morgan fingerprint density at radius 2 is 2.25 bits per heavy atom. The van der Waals surface area contributed by atoms with E-state index in [-0.39, 0.29) is 11.5 Å². The first kappa shape index (κ1) is 10.2. The first-order valence-corrected chi connectivity index (χ1v) is 4.70. The summed E-state index contributed by atoms with van der Waals surface area (Å²) in [6.45, 7) is 0. The summed E-state index contributed by atoms with van der Waals surface area (Å²) in [6, 6.07) is 1.93. The van der Waals surface area contributed by atoms with E-state index in [9.17, 15) is 0 Å². The van der Waals surface area contributed by atoms with E-state index in [0.717, 1.165) is 5.57 Å². The van der Waals surface area contributed by atoms with Gasteiger partial charge in [-0.1, -0.05) is 0 Å². The summed E-state index contributed by atoms with van der Waals surface area (Å²) < 4.78 is 10.4. The third kappa shape index (κ3) is 1.41. The molecule has 0 aromatic heterocycles. The standard InChI is InChI=1S/C11H11N3O2/c1-15-6-2-3-7-9(4-6)16-11(14)8(5-12)10(7)13/h2,4H,3,13-14H2,1H3. The van der Waals surface area contributed by atoms with Gasteiger partial charge < -0.3 is 20.9 Å². The molecule has 16 heavy (non-hydrogen) atoms. The highest BCUT2D eigenvalue weighted by Gasteiger charge is 2.25. The van der Waals surface area contributed by atoms with Crippen LogP contribution in [0.2, 0.25) is 0 Å². The minimum Gasteiger partial charge on any atom is -0.497 e. The first-order chi connectivity index (χ1) is 7.67. The molecule has 0 amide bonds. The number of hydrogen-bond donors (Lipinski definition) is 2. The van der Waals surface area contributed by atoms with Crippen molar-refractivity contribution in [2.24, 2.45) is 11.5 Å². The van der Waals surface area contributed by atoms with Crippen LogP contribution in [0, 0.1) is 11.3 Å². The van der Waals surface area contributed by atoms with E-state index in [1.807, 2.05) is 12.1 Å². The van der Waals surface area contributed by atoms with E-state index < -0.39 is 0 Å². The van der Waals surface area contributed by atoms with Gasteiger partial charge in [0.25, 0.3) is 0 Å². The summed E-state index contributed by atoms with van der Waals surface area (Å²) in [5.41, 5.74) is 12.8. The zero-order valence-electron chi connectivity index (χ0n) is 8.78. The second kappa shape index (κ2) is 3.66. The van der Waals surface area contributed by atoms with Crippen molar-refractivity contribution in [2.75, 3.05) is 7.11 Å². The van der Waals surface area contributed by atoms with E-state index in [1.165, 1.54) is 0 Å². The van der Waals surface area contributed by atoms with Crippen molar-refractivity contribution >= 4 is 0 Å². The fourth-order valence-corrected chi connectivity index (χ4v) is 1.62. The SMILES string of the molecule is COC1=CCC2=C(N)C(C#N)=C(N)OC2=C1.